The van der Waals surface area contributed by atoms with Crippen molar-refractivity contribution in [2.75, 3.05) is 39.3 Å². The fourth-order valence-corrected chi connectivity index (χ4v) is 3.02. The monoisotopic (exact) mass is 277 g/mol. The Kier molecular flexibility index (Phi) is 5.54. The first-order chi connectivity index (χ1) is 9.61. The molecule has 2 atom stereocenters. The number of piperazine rings is 1. The second-order valence-corrected chi connectivity index (χ2v) is 5.82. The van der Waals surface area contributed by atoms with Crippen LogP contribution in [0.3, 0.4) is 0 Å². The van der Waals surface area contributed by atoms with Gasteiger partial charge in [0, 0.05) is 44.8 Å². The van der Waals surface area contributed by atoms with Crippen LogP contribution in [0.2, 0.25) is 0 Å². The molecule has 4 nitrogen and oxygen atoms in total. The zero-order chi connectivity index (χ0) is 14.5. The lowest BCUT2D eigenvalue weighted by Gasteiger charge is -2.41. The SMILES string of the molecule is Cc1ccc(C(C(C)N)N2CCN(CCO)CC2)cc1. The highest BCUT2D eigenvalue weighted by Gasteiger charge is 2.27. The van der Waals surface area contributed by atoms with Gasteiger partial charge in [0.15, 0.2) is 0 Å². The van der Waals surface area contributed by atoms with Gasteiger partial charge in [0.1, 0.15) is 0 Å². The highest BCUT2D eigenvalue weighted by atomic mass is 16.3. The molecule has 0 aromatic heterocycles. The van der Waals surface area contributed by atoms with Crippen molar-refractivity contribution in [3.8, 4) is 0 Å². The highest BCUT2D eigenvalue weighted by molar-refractivity contribution is 5.25. The molecule has 3 N–H and O–H groups in total. The third kappa shape index (κ3) is 3.79. The van der Waals surface area contributed by atoms with E-state index >= 15 is 0 Å². The van der Waals surface area contributed by atoms with E-state index < -0.39 is 0 Å². The maximum atomic E-state index is 9.01. The largest absolute Gasteiger partial charge is 0.395 e. The van der Waals surface area contributed by atoms with E-state index in [0.29, 0.717) is 0 Å². The Morgan fingerprint density at radius 1 is 1.15 bits per heavy atom. The topological polar surface area (TPSA) is 52.7 Å². The van der Waals surface area contributed by atoms with E-state index in [2.05, 4.69) is 47.9 Å². The van der Waals surface area contributed by atoms with Gasteiger partial charge in [-0.1, -0.05) is 29.8 Å². The molecule has 1 fully saturated rings. The van der Waals surface area contributed by atoms with Crippen LogP contribution in [-0.4, -0.2) is 60.3 Å². The molecule has 0 spiro atoms. The van der Waals surface area contributed by atoms with Gasteiger partial charge in [0.2, 0.25) is 0 Å². The van der Waals surface area contributed by atoms with Crippen LogP contribution in [-0.2, 0) is 0 Å². The van der Waals surface area contributed by atoms with Crippen molar-refractivity contribution in [3.05, 3.63) is 35.4 Å². The molecule has 112 valence electrons. The minimum absolute atomic E-state index is 0.113. The average molecular weight is 277 g/mol. The van der Waals surface area contributed by atoms with E-state index in [9.17, 15) is 0 Å². The molecular weight excluding hydrogens is 250 g/mol. The summed E-state index contributed by atoms with van der Waals surface area (Å²) in [6.07, 6.45) is 0. The maximum Gasteiger partial charge on any atom is 0.0558 e. The molecule has 0 radical (unpaired) electrons. The van der Waals surface area contributed by atoms with Crippen molar-refractivity contribution in [1.82, 2.24) is 9.80 Å². The predicted octanol–water partition coefficient (Wildman–Crippen LogP) is 0.993. The molecule has 1 aromatic rings. The molecule has 1 aliphatic heterocycles. The van der Waals surface area contributed by atoms with E-state index in [1.807, 2.05) is 0 Å². The summed E-state index contributed by atoms with van der Waals surface area (Å²) >= 11 is 0. The van der Waals surface area contributed by atoms with Crippen LogP contribution in [0, 0.1) is 6.92 Å². The van der Waals surface area contributed by atoms with Crippen LogP contribution < -0.4 is 5.73 Å². The summed E-state index contributed by atoms with van der Waals surface area (Å²) in [7, 11) is 0. The molecule has 2 unspecified atom stereocenters. The first-order valence-corrected chi connectivity index (χ1v) is 7.51. The van der Waals surface area contributed by atoms with Crippen molar-refractivity contribution in [1.29, 1.82) is 0 Å². The Labute approximate surface area is 122 Å². The third-order valence-electron chi connectivity index (χ3n) is 4.13. The lowest BCUT2D eigenvalue weighted by atomic mass is 9.97. The van der Waals surface area contributed by atoms with Crippen LogP contribution >= 0.6 is 0 Å². The molecule has 0 aliphatic carbocycles. The average Bonchev–Trinajstić information content (AvgIpc) is 2.43. The molecule has 20 heavy (non-hydrogen) atoms. The number of hydrogen-bond acceptors (Lipinski definition) is 4. The van der Waals surface area contributed by atoms with Crippen molar-refractivity contribution in [3.63, 3.8) is 0 Å². The summed E-state index contributed by atoms with van der Waals surface area (Å²) in [4.78, 5) is 4.78. The van der Waals surface area contributed by atoms with Crippen molar-refractivity contribution >= 4 is 0 Å². The second-order valence-electron chi connectivity index (χ2n) is 5.82. The molecule has 4 heteroatoms. The Bertz CT molecular complexity index is 397. The number of aliphatic hydroxyl groups excluding tert-OH is 1. The number of rotatable bonds is 5. The first kappa shape index (κ1) is 15.4. The molecule has 1 saturated heterocycles. The van der Waals surface area contributed by atoms with Gasteiger partial charge in [-0.25, -0.2) is 0 Å². The zero-order valence-corrected chi connectivity index (χ0v) is 12.6. The maximum absolute atomic E-state index is 9.01. The molecule has 1 aromatic carbocycles. The summed E-state index contributed by atoms with van der Waals surface area (Å²) in [5, 5.41) is 9.01. The summed E-state index contributed by atoms with van der Waals surface area (Å²) in [5.74, 6) is 0. The van der Waals surface area contributed by atoms with Crippen LogP contribution in [0.15, 0.2) is 24.3 Å². The fourth-order valence-electron chi connectivity index (χ4n) is 3.02. The van der Waals surface area contributed by atoms with Crippen molar-refractivity contribution < 1.29 is 5.11 Å². The summed E-state index contributed by atoms with van der Waals surface area (Å²) in [6.45, 7) is 9.27. The van der Waals surface area contributed by atoms with E-state index in [1.165, 1.54) is 11.1 Å². The number of hydrogen-bond donors (Lipinski definition) is 2. The molecule has 1 aliphatic rings. The Morgan fingerprint density at radius 3 is 2.25 bits per heavy atom. The van der Waals surface area contributed by atoms with E-state index in [-0.39, 0.29) is 18.7 Å². The van der Waals surface area contributed by atoms with Crippen molar-refractivity contribution in [2.45, 2.75) is 25.9 Å². The minimum Gasteiger partial charge on any atom is -0.395 e. The normalized spacial score (nSPS) is 20.8. The number of aryl methyl sites for hydroxylation is 1. The number of nitrogens with two attached hydrogens (primary N) is 1. The van der Waals surface area contributed by atoms with Crippen LogP contribution in [0.25, 0.3) is 0 Å². The standard InChI is InChI=1S/C16H27N3O/c1-13-3-5-15(6-4-13)16(14(2)17)19-9-7-18(8-10-19)11-12-20/h3-6,14,16,20H,7-12,17H2,1-2H3. The van der Waals surface area contributed by atoms with Gasteiger partial charge in [0.25, 0.3) is 0 Å². The summed E-state index contributed by atoms with van der Waals surface area (Å²) in [6, 6.07) is 9.11. The second kappa shape index (κ2) is 7.18. The molecule has 2 rings (SSSR count). The first-order valence-electron chi connectivity index (χ1n) is 7.51. The zero-order valence-electron chi connectivity index (χ0n) is 12.6. The lowest BCUT2D eigenvalue weighted by molar-refractivity contribution is 0.0760. The number of aliphatic hydroxyl groups is 1. The highest BCUT2D eigenvalue weighted by Crippen LogP contribution is 2.25. The van der Waals surface area contributed by atoms with Crippen molar-refractivity contribution in [2.24, 2.45) is 5.73 Å². The number of nitrogens with zero attached hydrogens (tertiary/aromatic N) is 2. The van der Waals surface area contributed by atoms with Gasteiger partial charge in [0.05, 0.1) is 6.61 Å². The van der Waals surface area contributed by atoms with Gasteiger partial charge < -0.3 is 10.8 Å². The third-order valence-corrected chi connectivity index (χ3v) is 4.13. The molecule has 1 heterocycles. The number of β-amino-alcohol motifs (C(OH)–C–C–N with tert-alkyl or cyclic N) is 1. The minimum atomic E-state index is 0.113. The van der Waals surface area contributed by atoms with Gasteiger partial charge in [-0.3, -0.25) is 9.80 Å². The van der Waals surface area contributed by atoms with Gasteiger partial charge >= 0.3 is 0 Å². The molecular formula is C16H27N3O. The summed E-state index contributed by atoms with van der Waals surface area (Å²) in [5.41, 5.74) is 8.82. The number of benzene rings is 1. The van der Waals surface area contributed by atoms with E-state index in [4.69, 9.17) is 10.8 Å². The van der Waals surface area contributed by atoms with Crippen LogP contribution in [0.5, 0.6) is 0 Å². The smallest absolute Gasteiger partial charge is 0.0558 e. The van der Waals surface area contributed by atoms with Crippen LogP contribution in [0.4, 0.5) is 0 Å². The van der Waals surface area contributed by atoms with E-state index in [1.54, 1.807) is 0 Å². The Balaban J connectivity index is 2.05. The molecule has 0 bridgehead atoms. The van der Waals surface area contributed by atoms with Gasteiger partial charge in [-0.2, -0.15) is 0 Å². The Hall–Kier alpha value is -0.940. The van der Waals surface area contributed by atoms with E-state index in [0.717, 1.165) is 32.7 Å². The Morgan fingerprint density at radius 2 is 1.75 bits per heavy atom. The van der Waals surface area contributed by atoms with Gasteiger partial charge in [-0.05, 0) is 19.4 Å². The molecule has 0 amide bonds. The van der Waals surface area contributed by atoms with Crippen LogP contribution in [0.1, 0.15) is 24.1 Å². The summed E-state index contributed by atoms with van der Waals surface area (Å²) < 4.78 is 0. The lowest BCUT2D eigenvalue weighted by Crippen LogP contribution is -2.51. The predicted molar refractivity (Wildman–Crippen MR) is 82.7 cm³/mol. The van der Waals surface area contributed by atoms with Gasteiger partial charge in [-0.15, -0.1) is 0 Å². The quantitative estimate of drug-likeness (QED) is 0.843. The molecule has 0 saturated carbocycles. The fraction of sp³-hybridized carbons (Fsp3) is 0.625.